The molecule has 0 atom stereocenters. The molecule has 5 heteroatoms. The summed E-state index contributed by atoms with van der Waals surface area (Å²) >= 11 is 0. The first-order valence-electron chi connectivity index (χ1n) is 6.56. The van der Waals surface area contributed by atoms with E-state index in [1.54, 1.807) is 12.3 Å². The van der Waals surface area contributed by atoms with E-state index in [-0.39, 0.29) is 0 Å². The first-order chi connectivity index (χ1) is 8.86. The van der Waals surface area contributed by atoms with Gasteiger partial charge in [-0.25, -0.2) is 0 Å². The molecule has 0 spiro atoms. The van der Waals surface area contributed by atoms with Crippen molar-refractivity contribution < 1.29 is 0 Å². The smallest absolute Gasteiger partial charge is 0.169 e. The van der Waals surface area contributed by atoms with Gasteiger partial charge in [-0.1, -0.05) is 0 Å². The van der Waals surface area contributed by atoms with Gasteiger partial charge in [-0.3, -0.25) is 4.90 Å². The highest BCUT2D eigenvalue weighted by Gasteiger charge is 2.27. The van der Waals surface area contributed by atoms with Gasteiger partial charge in [0.25, 0.3) is 0 Å². The number of hydrogen-bond acceptors (Lipinski definition) is 5. The summed E-state index contributed by atoms with van der Waals surface area (Å²) < 4.78 is 0. The van der Waals surface area contributed by atoms with Crippen LogP contribution in [0.25, 0.3) is 0 Å². The molecule has 1 aromatic rings. The molecule has 1 saturated carbocycles. The molecule has 2 fully saturated rings. The molecular formula is C13H17N5. The lowest BCUT2D eigenvalue weighted by molar-refractivity contribution is 0.247. The maximum atomic E-state index is 9.07. The lowest BCUT2D eigenvalue weighted by atomic mass is 10.2. The standard InChI is InChI=1S/C13H17N5/c14-9-12-3-4-15-16-13(12)18-7-5-17(6-8-18)10-11-1-2-11/h3-4,11H,1-2,5-8,10H2. The predicted octanol–water partition coefficient (Wildman–Crippen LogP) is 0.880. The van der Waals surface area contributed by atoms with E-state index in [1.807, 2.05) is 0 Å². The van der Waals surface area contributed by atoms with Crippen LogP contribution >= 0.6 is 0 Å². The molecule has 2 aliphatic rings. The fraction of sp³-hybridized carbons (Fsp3) is 0.615. The van der Waals surface area contributed by atoms with Crippen LogP contribution in [0.1, 0.15) is 18.4 Å². The number of nitrogens with zero attached hydrogens (tertiary/aromatic N) is 5. The van der Waals surface area contributed by atoms with Crippen LogP contribution in [0.2, 0.25) is 0 Å². The SMILES string of the molecule is N#Cc1ccnnc1N1CCN(CC2CC2)CC1. The van der Waals surface area contributed by atoms with Crippen LogP contribution in [0.3, 0.4) is 0 Å². The Kier molecular flexibility index (Phi) is 3.11. The monoisotopic (exact) mass is 243 g/mol. The molecule has 0 N–H and O–H groups in total. The topological polar surface area (TPSA) is 56.1 Å². The first kappa shape index (κ1) is 11.4. The fourth-order valence-corrected chi connectivity index (χ4v) is 2.45. The van der Waals surface area contributed by atoms with Crippen molar-refractivity contribution in [2.45, 2.75) is 12.8 Å². The van der Waals surface area contributed by atoms with Gasteiger partial charge in [-0.2, -0.15) is 10.4 Å². The number of aromatic nitrogens is 2. The lowest BCUT2D eigenvalue weighted by Crippen LogP contribution is -2.47. The van der Waals surface area contributed by atoms with E-state index in [2.05, 4.69) is 26.1 Å². The van der Waals surface area contributed by atoms with Gasteiger partial charge >= 0.3 is 0 Å². The van der Waals surface area contributed by atoms with E-state index in [9.17, 15) is 0 Å². The molecule has 0 radical (unpaired) electrons. The molecule has 5 nitrogen and oxygen atoms in total. The van der Waals surface area contributed by atoms with E-state index in [4.69, 9.17) is 5.26 Å². The van der Waals surface area contributed by atoms with Gasteiger partial charge < -0.3 is 4.90 Å². The maximum absolute atomic E-state index is 9.07. The molecule has 0 amide bonds. The van der Waals surface area contributed by atoms with Gasteiger partial charge in [-0.15, -0.1) is 5.10 Å². The van der Waals surface area contributed by atoms with Gasteiger partial charge in [0.05, 0.1) is 11.8 Å². The Balaban J connectivity index is 1.63. The number of piperazine rings is 1. The summed E-state index contributed by atoms with van der Waals surface area (Å²) in [5.74, 6) is 1.69. The Morgan fingerprint density at radius 3 is 2.72 bits per heavy atom. The highest BCUT2D eigenvalue weighted by molar-refractivity contribution is 5.52. The van der Waals surface area contributed by atoms with Gasteiger partial charge in [0, 0.05) is 32.7 Å². The van der Waals surface area contributed by atoms with Crippen molar-refractivity contribution in [2.24, 2.45) is 5.92 Å². The van der Waals surface area contributed by atoms with E-state index in [0.29, 0.717) is 5.56 Å². The zero-order chi connectivity index (χ0) is 12.4. The molecule has 0 aromatic carbocycles. The second-order valence-corrected chi connectivity index (χ2v) is 5.11. The Bertz CT molecular complexity index is 455. The Morgan fingerprint density at radius 2 is 2.06 bits per heavy atom. The molecule has 3 rings (SSSR count). The minimum absolute atomic E-state index is 0.626. The predicted molar refractivity (Wildman–Crippen MR) is 68.1 cm³/mol. The second-order valence-electron chi connectivity index (χ2n) is 5.11. The third kappa shape index (κ3) is 2.44. The highest BCUT2D eigenvalue weighted by Crippen LogP contribution is 2.30. The summed E-state index contributed by atoms with van der Waals surface area (Å²) in [6.45, 7) is 5.27. The molecular weight excluding hydrogens is 226 g/mol. The summed E-state index contributed by atoms with van der Waals surface area (Å²) in [6, 6.07) is 3.92. The van der Waals surface area contributed by atoms with Crippen molar-refractivity contribution in [1.29, 1.82) is 5.26 Å². The largest absolute Gasteiger partial charge is 0.351 e. The summed E-state index contributed by atoms with van der Waals surface area (Å²) in [7, 11) is 0. The third-order valence-electron chi connectivity index (χ3n) is 3.71. The van der Waals surface area contributed by atoms with Crippen LogP contribution in [-0.4, -0.2) is 47.8 Å². The Hall–Kier alpha value is -1.67. The molecule has 2 heterocycles. The third-order valence-corrected chi connectivity index (χ3v) is 3.71. The van der Waals surface area contributed by atoms with E-state index in [0.717, 1.165) is 37.9 Å². The zero-order valence-electron chi connectivity index (χ0n) is 10.4. The van der Waals surface area contributed by atoms with Crippen LogP contribution < -0.4 is 4.90 Å². The average molecular weight is 243 g/mol. The molecule has 1 saturated heterocycles. The highest BCUT2D eigenvalue weighted by atomic mass is 15.3. The maximum Gasteiger partial charge on any atom is 0.169 e. The molecule has 0 unspecified atom stereocenters. The van der Waals surface area contributed by atoms with Crippen molar-refractivity contribution in [3.8, 4) is 6.07 Å². The van der Waals surface area contributed by atoms with Crippen molar-refractivity contribution in [3.05, 3.63) is 17.8 Å². The second kappa shape index (κ2) is 4.91. The molecule has 1 aromatic heterocycles. The quantitative estimate of drug-likeness (QED) is 0.789. The average Bonchev–Trinajstić information content (AvgIpc) is 3.24. The van der Waals surface area contributed by atoms with Crippen LogP contribution in [0.15, 0.2) is 12.3 Å². The molecule has 1 aliphatic carbocycles. The van der Waals surface area contributed by atoms with Gasteiger partial charge in [0.2, 0.25) is 0 Å². The van der Waals surface area contributed by atoms with Gasteiger partial charge in [0.15, 0.2) is 5.82 Å². The lowest BCUT2D eigenvalue weighted by Gasteiger charge is -2.35. The van der Waals surface area contributed by atoms with Crippen LogP contribution in [0.4, 0.5) is 5.82 Å². The van der Waals surface area contributed by atoms with Crippen molar-refractivity contribution in [1.82, 2.24) is 15.1 Å². The van der Waals surface area contributed by atoms with Crippen molar-refractivity contribution in [2.75, 3.05) is 37.6 Å². The Labute approximate surface area is 107 Å². The normalized spacial score (nSPS) is 20.7. The molecule has 1 aliphatic heterocycles. The molecule has 18 heavy (non-hydrogen) atoms. The number of anilines is 1. The summed E-state index contributed by atoms with van der Waals surface area (Å²) in [4.78, 5) is 4.70. The number of nitriles is 1. The zero-order valence-corrected chi connectivity index (χ0v) is 10.4. The van der Waals surface area contributed by atoms with Crippen molar-refractivity contribution >= 4 is 5.82 Å². The van der Waals surface area contributed by atoms with E-state index < -0.39 is 0 Å². The van der Waals surface area contributed by atoms with Crippen LogP contribution in [0, 0.1) is 17.2 Å². The fourth-order valence-electron chi connectivity index (χ4n) is 2.45. The minimum Gasteiger partial charge on any atom is -0.351 e. The number of hydrogen-bond donors (Lipinski definition) is 0. The minimum atomic E-state index is 0.626. The van der Waals surface area contributed by atoms with Crippen LogP contribution in [-0.2, 0) is 0 Å². The van der Waals surface area contributed by atoms with Crippen LogP contribution in [0.5, 0.6) is 0 Å². The molecule has 94 valence electrons. The summed E-state index contributed by atoms with van der Waals surface area (Å²) in [5.41, 5.74) is 0.626. The summed E-state index contributed by atoms with van der Waals surface area (Å²) in [6.07, 6.45) is 4.39. The van der Waals surface area contributed by atoms with E-state index in [1.165, 1.54) is 19.4 Å². The van der Waals surface area contributed by atoms with Crippen molar-refractivity contribution in [3.63, 3.8) is 0 Å². The summed E-state index contributed by atoms with van der Waals surface area (Å²) in [5, 5.41) is 17.1. The van der Waals surface area contributed by atoms with E-state index >= 15 is 0 Å². The van der Waals surface area contributed by atoms with Gasteiger partial charge in [0.1, 0.15) is 6.07 Å². The first-order valence-corrected chi connectivity index (χ1v) is 6.56. The number of rotatable bonds is 3. The molecule has 0 bridgehead atoms. The van der Waals surface area contributed by atoms with Gasteiger partial charge in [-0.05, 0) is 24.8 Å². The Morgan fingerprint density at radius 1 is 1.28 bits per heavy atom.